The Kier molecular flexibility index (Phi) is 4.66. The molecule has 1 heterocycles. The van der Waals surface area contributed by atoms with Gasteiger partial charge in [0.1, 0.15) is 5.82 Å². The Morgan fingerprint density at radius 2 is 2.13 bits per heavy atom. The molecule has 86 valence electrons. The van der Waals surface area contributed by atoms with Gasteiger partial charge in [-0.25, -0.2) is 0 Å². The predicted molar refractivity (Wildman–Crippen MR) is 65.2 cm³/mol. The van der Waals surface area contributed by atoms with Gasteiger partial charge in [0, 0.05) is 24.8 Å². The summed E-state index contributed by atoms with van der Waals surface area (Å²) >= 11 is 0. The molecule has 0 aliphatic rings. The first-order valence-electron chi connectivity index (χ1n) is 5.92. The van der Waals surface area contributed by atoms with Crippen LogP contribution in [0.15, 0.2) is 12.3 Å². The molecule has 0 saturated heterocycles. The number of rotatable bonds is 6. The maximum absolute atomic E-state index is 4.48. The molecule has 0 bridgehead atoms. The SMILES string of the molecule is CC[C@@H](C)n1ccc(NCCC(C)C)n1. The molecule has 0 unspecified atom stereocenters. The maximum atomic E-state index is 4.48. The summed E-state index contributed by atoms with van der Waals surface area (Å²) in [4.78, 5) is 0. The zero-order chi connectivity index (χ0) is 11.3. The van der Waals surface area contributed by atoms with Gasteiger partial charge in [-0.1, -0.05) is 20.8 Å². The van der Waals surface area contributed by atoms with Crippen LogP contribution in [-0.2, 0) is 0 Å². The van der Waals surface area contributed by atoms with E-state index in [9.17, 15) is 0 Å². The van der Waals surface area contributed by atoms with Gasteiger partial charge < -0.3 is 5.32 Å². The number of aromatic nitrogens is 2. The van der Waals surface area contributed by atoms with Gasteiger partial charge in [-0.05, 0) is 25.7 Å². The molecule has 0 saturated carbocycles. The fourth-order valence-corrected chi connectivity index (χ4v) is 1.35. The summed E-state index contributed by atoms with van der Waals surface area (Å²) in [5, 5.41) is 7.83. The molecular formula is C12H23N3. The van der Waals surface area contributed by atoms with Crippen LogP contribution in [0.3, 0.4) is 0 Å². The van der Waals surface area contributed by atoms with Crippen LogP contribution in [0, 0.1) is 5.92 Å². The lowest BCUT2D eigenvalue weighted by Crippen LogP contribution is -2.08. The number of hydrogen-bond acceptors (Lipinski definition) is 2. The first-order valence-corrected chi connectivity index (χ1v) is 5.92. The standard InChI is InChI=1S/C12H23N3/c1-5-11(4)15-9-7-12(14-15)13-8-6-10(2)3/h7,9-11H,5-6,8H2,1-4H3,(H,13,14)/t11-/m1/s1. The largest absolute Gasteiger partial charge is 0.369 e. The van der Waals surface area contributed by atoms with Crippen molar-refractivity contribution in [3.63, 3.8) is 0 Å². The van der Waals surface area contributed by atoms with Crippen LogP contribution in [0.1, 0.15) is 46.6 Å². The average molecular weight is 209 g/mol. The summed E-state index contributed by atoms with van der Waals surface area (Å²) < 4.78 is 2.03. The lowest BCUT2D eigenvalue weighted by molar-refractivity contribution is 0.479. The Morgan fingerprint density at radius 1 is 1.40 bits per heavy atom. The Hall–Kier alpha value is -0.990. The first kappa shape index (κ1) is 12.1. The molecule has 3 heteroatoms. The highest BCUT2D eigenvalue weighted by Crippen LogP contribution is 2.12. The fourth-order valence-electron chi connectivity index (χ4n) is 1.35. The summed E-state index contributed by atoms with van der Waals surface area (Å²) in [5.41, 5.74) is 0. The second-order valence-electron chi connectivity index (χ2n) is 4.55. The molecule has 0 spiro atoms. The van der Waals surface area contributed by atoms with Gasteiger partial charge in [0.15, 0.2) is 0 Å². The molecule has 1 aromatic rings. The number of anilines is 1. The Bertz CT molecular complexity index is 278. The molecule has 1 aromatic heterocycles. The molecule has 3 nitrogen and oxygen atoms in total. The smallest absolute Gasteiger partial charge is 0.147 e. The second kappa shape index (κ2) is 5.79. The van der Waals surface area contributed by atoms with Crippen LogP contribution in [-0.4, -0.2) is 16.3 Å². The third-order valence-electron chi connectivity index (χ3n) is 2.68. The van der Waals surface area contributed by atoms with Crippen molar-refractivity contribution < 1.29 is 0 Å². The zero-order valence-electron chi connectivity index (χ0n) is 10.3. The quantitative estimate of drug-likeness (QED) is 0.779. The van der Waals surface area contributed by atoms with E-state index in [0.29, 0.717) is 6.04 Å². The topological polar surface area (TPSA) is 29.9 Å². The minimum Gasteiger partial charge on any atom is -0.369 e. The third-order valence-corrected chi connectivity index (χ3v) is 2.68. The van der Waals surface area contributed by atoms with Crippen molar-refractivity contribution in [3.8, 4) is 0 Å². The Morgan fingerprint density at radius 3 is 2.73 bits per heavy atom. The lowest BCUT2D eigenvalue weighted by Gasteiger charge is -2.09. The van der Waals surface area contributed by atoms with E-state index in [4.69, 9.17) is 0 Å². The monoisotopic (exact) mass is 209 g/mol. The Balaban J connectivity index is 2.39. The first-order chi connectivity index (χ1) is 7.13. The van der Waals surface area contributed by atoms with Crippen molar-refractivity contribution in [3.05, 3.63) is 12.3 Å². The normalized spacial score (nSPS) is 13.1. The van der Waals surface area contributed by atoms with Gasteiger partial charge in [0.2, 0.25) is 0 Å². The average Bonchev–Trinajstić information content (AvgIpc) is 2.65. The van der Waals surface area contributed by atoms with Crippen LogP contribution < -0.4 is 5.32 Å². The minimum atomic E-state index is 0.491. The summed E-state index contributed by atoms with van der Waals surface area (Å²) in [6, 6.07) is 2.54. The minimum absolute atomic E-state index is 0.491. The molecule has 0 radical (unpaired) electrons. The van der Waals surface area contributed by atoms with Gasteiger partial charge in [-0.2, -0.15) is 5.10 Å². The summed E-state index contributed by atoms with van der Waals surface area (Å²) in [6.45, 7) is 9.84. The van der Waals surface area contributed by atoms with Crippen molar-refractivity contribution >= 4 is 5.82 Å². The van der Waals surface area contributed by atoms with E-state index in [0.717, 1.165) is 24.7 Å². The van der Waals surface area contributed by atoms with E-state index in [1.807, 2.05) is 16.9 Å². The van der Waals surface area contributed by atoms with Gasteiger partial charge in [0.05, 0.1) is 0 Å². The van der Waals surface area contributed by atoms with Crippen LogP contribution in [0.4, 0.5) is 5.82 Å². The molecule has 1 rings (SSSR count). The zero-order valence-corrected chi connectivity index (χ0v) is 10.3. The van der Waals surface area contributed by atoms with Gasteiger partial charge in [-0.15, -0.1) is 0 Å². The van der Waals surface area contributed by atoms with E-state index < -0.39 is 0 Å². The van der Waals surface area contributed by atoms with E-state index in [2.05, 4.69) is 38.1 Å². The van der Waals surface area contributed by atoms with Crippen molar-refractivity contribution in [1.82, 2.24) is 9.78 Å². The Labute approximate surface area is 92.9 Å². The van der Waals surface area contributed by atoms with E-state index >= 15 is 0 Å². The second-order valence-corrected chi connectivity index (χ2v) is 4.55. The highest BCUT2D eigenvalue weighted by atomic mass is 15.3. The van der Waals surface area contributed by atoms with Crippen LogP contribution in [0.5, 0.6) is 0 Å². The van der Waals surface area contributed by atoms with Crippen molar-refractivity contribution in [2.75, 3.05) is 11.9 Å². The molecule has 0 amide bonds. The van der Waals surface area contributed by atoms with Crippen molar-refractivity contribution in [2.45, 2.75) is 46.6 Å². The van der Waals surface area contributed by atoms with Gasteiger partial charge in [0.25, 0.3) is 0 Å². The van der Waals surface area contributed by atoms with E-state index in [1.165, 1.54) is 6.42 Å². The van der Waals surface area contributed by atoms with Gasteiger partial charge >= 0.3 is 0 Å². The molecular weight excluding hydrogens is 186 g/mol. The highest BCUT2D eigenvalue weighted by molar-refractivity contribution is 5.31. The molecule has 1 N–H and O–H groups in total. The van der Waals surface area contributed by atoms with Crippen molar-refractivity contribution in [2.24, 2.45) is 5.92 Å². The number of hydrogen-bond donors (Lipinski definition) is 1. The fraction of sp³-hybridized carbons (Fsp3) is 0.750. The van der Waals surface area contributed by atoms with Crippen LogP contribution in [0.25, 0.3) is 0 Å². The van der Waals surface area contributed by atoms with Gasteiger partial charge in [-0.3, -0.25) is 4.68 Å². The number of nitrogens with zero attached hydrogens (tertiary/aromatic N) is 2. The molecule has 0 aliphatic carbocycles. The molecule has 0 aliphatic heterocycles. The summed E-state index contributed by atoms with van der Waals surface area (Å²) in [6.07, 6.45) is 4.36. The van der Waals surface area contributed by atoms with Crippen LogP contribution >= 0.6 is 0 Å². The summed E-state index contributed by atoms with van der Waals surface area (Å²) in [7, 11) is 0. The van der Waals surface area contributed by atoms with E-state index in [-0.39, 0.29) is 0 Å². The molecule has 0 aromatic carbocycles. The van der Waals surface area contributed by atoms with Crippen molar-refractivity contribution in [1.29, 1.82) is 0 Å². The molecule has 15 heavy (non-hydrogen) atoms. The number of nitrogens with one attached hydrogen (secondary N) is 1. The van der Waals surface area contributed by atoms with Crippen LogP contribution in [0.2, 0.25) is 0 Å². The maximum Gasteiger partial charge on any atom is 0.147 e. The molecule has 0 fully saturated rings. The summed E-state index contributed by atoms with van der Waals surface area (Å²) in [5.74, 6) is 1.74. The molecule has 1 atom stereocenters. The predicted octanol–water partition coefficient (Wildman–Crippen LogP) is 3.31. The van der Waals surface area contributed by atoms with E-state index in [1.54, 1.807) is 0 Å². The third kappa shape index (κ3) is 3.94. The highest BCUT2D eigenvalue weighted by Gasteiger charge is 2.03. The lowest BCUT2D eigenvalue weighted by atomic mass is 10.1.